The summed E-state index contributed by atoms with van der Waals surface area (Å²) in [4.78, 5) is 39.0. The Morgan fingerprint density at radius 1 is 1.26 bits per heavy atom. The molecule has 2 amide bonds. The van der Waals surface area contributed by atoms with Crippen molar-refractivity contribution in [3.8, 4) is 6.07 Å². The summed E-state index contributed by atoms with van der Waals surface area (Å²) in [7, 11) is 0. The fourth-order valence-corrected chi connectivity index (χ4v) is 6.34. The Kier molecular flexibility index (Phi) is 7.88. The van der Waals surface area contributed by atoms with E-state index in [0.29, 0.717) is 37.1 Å². The van der Waals surface area contributed by atoms with Crippen LogP contribution in [0, 0.1) is 17.2 Å². The zero-order valence-electron chi connectivity index (χ0n) is 23.7. The first-order valence-corrected chi connectivity index (χ1v) is 14.0. The number of amides is 2. The van der Waals surface area contributed by atoms with Gasteiger partial charge in [-0.3, -0.25) is 9.59 Å². The highest BCUT2D eigenvalue weighted by Gasteiger charge is 2.56. The minimum Gasteiger partial charge on any atom is -0.458 e. The maximum Gasteiger partial charge on any atom is 0.406 e. The van der Waals surface area contributed by atoms with E-state index in [2.05, 4.69) is 22.1 Å². The Labute approximate surface area is 241 Å². The van der Waals surface area contributed by atoms with Crippen molar-refractivity contribution in [1.29, 1.82) is 5.26 Å². The molecule has 4 heterocycles. The lowest BCUT2D eigenvalue weighted by Crippen LogP contribution is -2.63. The number of alkyl halides is 3. The van der Waals surface area contributed by atoms with E-state index in [1.54, 1.807) is 32.9 Å². The van der Waals surface area contributed by atoms with Gasteiger partial charge in [-0.1, -0.05) is 0 Å². The summed E-state index contributed by atoms with van der Waals surface area (Å²) in [5.74, 6) is -1.87. The number of hydrogen-bond acceptors (Lipinski definition) is 9. The number of nitrogens with one attached hydrogen (secondary N) is 3. The molecule has 14 heteroatoms. The molecule has 3 saturated heterocycles. The molecule has 0 aromatic heterocycles. The first kappa shape index (κ1) is 30.1. The van der Waals surface area contributed by atoms with Gasteiger partial charge in [0, 0.05) is 30.4 Å². The number of hydrazine groups is 1. The van der Waals surface area contributed by atoms with Crippen LogP contribution in [-0.2, 0) is 25.6 Å². The van der Waals surface area contributed by atoms with Gasteiger partial charge in [0.2, 0.25) is 5.91 Å². The molecule has 0 radical (unpaired) electrons. The fraction of sp³-hybridized carbons (Fsp3) is 0.643. The van der Waals surface area contributed by atoms with Gasteiger partial charge in [-0.25, -0.2) is 15.2 Å². The number of carbonyl (C=O) groups excluding carboxylic acids is 3. The lowest BCUT2D eigenvalue weighted by atomic mass is 9.83. The van der Waals surface area contributed by atoms with Gasteiger partial charge in [0.25, 0.3) is 5.91 Å². The second-order valence-electron chi connectivity index (χ2n) is 12.4. The lowest BCUT2D eigenvalue weighted by molar-refractivity contribution is -0.180. The van der Waals surface area contributed by atoms with E-state index in [1.807, 2.05) is 5.01 Å². The molecule has 0 saturated carbocycles. The largest absolute Gasteiger partial charge is 0.458 e. The van der Waals surface area contributed by atoms with Crippen LogP contribution in [0.1, 0.15) is 62.4 Å². The van der Waals surface area contributed by atoms with Crippen molar-refractivity contribution in [2.45, 2.75) is 88.6 Å². The lowest BCUT2D eigenvalue weighted by Gasteiger charge is -2.47. The quantitative estimate of drug-likeness (QED) is 0.426. The van der Waals surface area contributed by atoms with Crippen LogP contribution >= 0.6 is 0 Å². The number of nitriles is 1. The third-order valence-electron chi connectivity index (χ3n) is 8.12. The SMILES string of the molecule is CC(C)(C)OC(=O)[C@@H]1CC[C@@](CC#N)(N2NC(Nc3ccc4c(c3)CN(CC(F)(F)F)C4=O)C3C(=O)NCCC32)CO1. The molecule has 5 rings (SSSR count). The Balaban J connectivity index is 1.34. The molecule has 4 aliphatic heterocycles. The molecular formula is C28H35F3N6O5. The average Bonchev–Trinajstić information content (AvgIpc) is 3.41. The maximum atomic E-state index is 13.1. The number of carbonyl (C=O) groups is 3. The summed E-state index contributed by atoms with van der Waals surface area (Å²) >= 11 is 0. The van der Waals surface area contributed by atoms with Crippen LogP contribution < -0.4 is 16.1 Å². The number of hydrogen-bond donors (Lipinski definition) is 3. The third-order valence-corrected chi connectivity index (χ3v) is 8.12. The van der Waals surface area contributed by atoms with Gasteiger partial charge in [0.1, 0.15) is 18.3 Å². The number of ether oxygens (including phenoxy) is 2. The highest BCUT2D eigenvalue weighted by Crippen LogP contribution is 2.40. The molecule has 3 fully saturated rings. The molecule has 228 valence electrons. The fourth-order valence-electron chi connectivity index (χ4n) is 6.34. The number of nitrogens with zero attached hydrogens (tertiary/aromatic N) is 3. The predicted octanol–water partition coefficient (Wildman–Crippen LogP) is 2.44. The van der Waals surface area contributed by atoms with Gasteiger partial charge >= 0.3 is 12.1 Å². The van der Waals surface area contributed by atoms with Gasteiger partial charge in [-0.05, 0) is 63.8 Å². The minimum absolute atomic E-state index is 0.0744. The first-order chi connectivity index (χ1) is 19.7. The second kappa shape index (κ2) is 11.0. The minimum atomic E-state index is -4.51. The summed E-state index contributed by atoms with van der Waals surface area (Å²) in [5, 5.41) is 17.9. The zero-order valence-corrected chi connectivity index (χ0v) is 23.7. The van der Waals surface area contributed by atoms with E-state index in [4.69, 9.17) is 9.47 Å². The van der Waals surface area contributed by atoms with Crippen molar-refractivity contribution in [3.63, 3.8) is 0 Å². The first-order valence-electron chi connectivity index (χ1n) is 14.0. The number of piperidine rings is 1. The summed E-state index contributed by atoms with van der Waals surface area (Å²) < 4.78 is 50.3. The number of halogens is 3. The number of anilines is 1. The summed E-state index contributed by atoms with van der Waals surface area (Å²) in [5.41, 5.74) is 3.12. The van der Waals surface area contributed by atoms with Gasteiger partial charge < -0.3 is 25.0 Å². The maximum absolute atomic E-state index is 13.1. The van der Waals surface area contributed by atoms with Crippen LogP contribution in [0.3, 0.4) is 0 Å². The number of fused-ring (bicyclic) bond motifs is 2. The Bertz CT molecular complexity index is 1280. The van der Waals surface area contributed by atoms with Crippen molar-refractivity contribution in [2.24, 2.45) is 5.92 Å². The molecule has 11 nitrogen and oxygen atoms in total. The van der Waals surface area contributed by atoms with E-state index >= 15 is 0 Å². The van der Waals surface area contributed by atoms with E-state index in [0.717, 1.165) is 4.90 Å². The highest BCUT2D eigenvalue weighted by atomic mass is 19.4. The van der Waals surface area contributed by atoms with Crippen LogP contribution in [0.5, 0.6) is 0 Å². The molecule has 5 atom stereocenters. The van der Waals surface area contributed by atoms with Crippen molar-refractivity contribution < 1.29 is 37.0 Å². The molecule has 0 bridgehead atoms. The number of esters is 1. The van der Waals surface area contributed by atoms with Gasteiger partial charge in [0.05, 0.1) is 30.6 Å². The number of benzene rings is 1. The van der Waals surface area contributed by atoms with Crippen molar-refractivity contribution >= 4 is 23.5 Å². The molecule has 0 spiro atoms. The van der Waals surface area contributed by atoms with Crippen LogP contribution in [0.2, 0.25) is 0 Å². The molecule has 4 aliphatic rings. The number of rotatable bonds is 6. The summed E-state index contributed by atoms with van der Waals surface area (Å²) in [6.45, 7) is 4.36. The topological polar surface area (TPSA) is 136 Å². The average molecular weight is 593 g/mol. The van der Waals surface area contributed by atoms with Crippen molar-refractivity contribution in [1.82, 2.24) is 20.7 Å². The van der Waals surface area contributed by atoms with E-state index in [1.165, 1.54) is 6.07 Å². The Morgan fingerprint density at radius 3 is 2.67 bits per heavy atom. The normalized spacial score (nSPS) is 29.9. The van der Waals surface area contributed by atoms with Crippen molar-refractivity contribution in [3.05, 3.63) is 29.3 Å². The molecular weight excluding hydrogens is 557 g/mol. The van der Waals surface area contributed by atoms with Crippen LogP contribution in [0.4, 0.5) is 18.9 Å². The molecule has 1 aromatic rings. The predicted molar refractivity (Wildman–Crippen MR) is 142 cm³/mol. The van der Waals surface area contributed by atoms with Crippen LogP contribution in [0.25, 0.3) is 0 Å². The van der Waals surface area contributed by atoms with Crippen LogP contribution in [-0.4, -0.2) is 83.0 Å². The zero-order chi connectivity index (χ0) is 30.4. The standard InChI is InChI=1S/C28H35F3N6O5/c1-26(2,3)42-25(40)20-6-8-27(9-10-32,15-41-20)37-19-7-11-33-23(38)21(19)22(35-37)34-17-4-5-18-16(12-17)13-36(24(18)39)14-28(29,30)31/h4-5,12,19-22,34-35H,6-9,11,13-15H2,1-3H3,(H,33,38)/t19?,20-,21?,22?,27-/m0/s1. The van der Waals surface area contributed by atoms with Crippen LogP contribution in [0.15, 0.2) is 18.2 Å². The molecule has 3 unspecified atom stereocenters. The van der Waals surface area contributed by atoms with Gasteiger partial charge in [0.15, 0.2) is 6.10 Å². The Hall–Kier alpha value is -3.41. The van der Waals surface area contributed by atoms with Crippen molar-refractivity contribution in [2.75, 3.05) is 25.0 Å². The highest BCUT2D eigenvalue weighted by molar-refractivity contribution is 5.98. The molecule has 0 aliphatic carbocycles. The van der Waals surface area contributed by atoms with E-state index in [9.17, 15) is 32.8 Å². The molecule has 3 N–H and O–H groups in total. The smallest absolute Gasteiger partial charge is 0.406 e. The van der Waals surface area contributed by atoms with Gasteiger partial charge in [-0.2, -0.15) is 18.4 Å². The third kappa shape index (κ3) is 6.04. The Morgan fingerprint density at radius 2 is 2.02 bits per heavy atom. The van der Waals surface area contributed by atoms with Gasteiger partial charge in [-0.15, -0.1) is 0 Å². The summed E-state index contributed by atoms with van der Waals surface area (Å²) in [6.07, 6.45) is -4.40. The van der Waals surface area contributed by atoms with E-state index in [-0.39, 0.29) is 37.1 Å². The molecule has 1 aromatic carbocycles. The molecule has 42 heavy (non-hydrogen) atoms. The monoisotopic (exact) mass is 592 g/mol. The summed E-state index contributed by atoms with van der Waals surface area (Å²) in [6, 6.07) is 6.68. The second-order valence-corrected chi connectivity index (χ2v) is 12.4. The van der Waals surface area contributed by atoms with E-state index < -0.39 is 53.9 Å².